The molecular formula is C40H63N3O10. The highest BCUT2D eigenvalue weighted by molar-refractivity contribution is 5.90. The average Bonchev–Trinajstić information content (AvgIpc) is 2.92. The predicted molar refractivity (Wildman–Crippen MR) is 200 cm³/mol. The number of rotatable bonds is 11. The van der Waals surface area contributed by atoms with Crippen LogP contribution in [0.1, 0.15) is 116 Å². The van der Waals surface area contributed by atoms with Crippen LogP contribution in [0.4, 0.5) is 0 Å². The second kappa shape index (κ2) is 17.0. The van der Waals surface area contributed by atoms with Gasteiger partial charge in [-0.05, 0) is 109 Å². The van der Waals surface area contributed by atoms with E-state index in [4.69, 9.17) is 29.1 Å². The topological polar surface area (TPSA) is 171 Å². The molecule has 53 heavy (non-hydrogen) atoms. The van der Waals surface area contributed by atoms with Crippen molar-refractivity contribution in [3.63, 3.8) is 0 Å². The average molecular weight is 746 g/mol. The monoisotopic (exact) mass is 745 g/mol. The summed E-state index contributed by atoms with van der Waals surface area (Å²) in [4.78, 5) is 71.9. The molecule has 2 rings (SSSR count). The van der Waals surface area contributed by atoms with Gasteiger partial charge in [0.05, 0.1) is 24.4 Å². The summed E-state index contributed by atoms with van der Waals surface area (Å²) >= 11 is 0. The van der Waals surface area contributed by atoms with Crippen LogP contribution in [0, 0.1) is 23.2 Å². The summed E-state index contributed by atoms with van der Waals surface area (Å²) in [6.45, 7) is 25.4. The quantitative estimate of drug-likeness (QED) is 0.0935. The van der Waals surface area contributed by atoms with Gasteiger partial charge >= 0.3 is 17.9 Å². The van der Waals surface area contributed by atoms with E-state index in [1.165, 1.54) is 0 Å². The summed E-state index contributed by atoms with van der Waals surface area (Å²) in [5.74, 6) is -8.52. The third-order valence-electron chi connectivity index (χ3n) is 7.50. The molecule has 0 spiro atoms. The first-order chi connectivity index (χ1) is 23.9. The number of esters is 3. The molecule has 0 radical (unpaired) electrons. The number of nitrogens with zero attached hydrogens (tertiary/aromatic N) is 1. The van der Waals surface area contributed by atoms with E-state index in [2.05, 4.69) is 5.32 Å². The van der Waals surface area contributed by atoms with Crippen molar-refractivity contribution in [2.75, 3.05) is 0 Å². The first-order valence-corrected chi connectivity index (χ1v) is 18.1. The van der Waals surface area contributed by atoms with Gasteiger partial charge in [-0.1, -0.05) is 30.3 Å². The van der Waals surface area contributed by atoms with Gasteiger partial charge in [-0.15, -0.1) is 0 Å². The van der Waals surface area contributed by atoms with Crippen LogP contribution in [-0.4, -0.2) is 87.3 Å². The molecule has 13 heteroatoms. The van der Waals surface area contributed by atoms with Crippen molar-refractivity contribution < 1.29 is 47.7 Å². The molecule has 1 heterocycles. The van der Waals surface area contributed by atoms with Crippen LogP contribution >= 0.6 is 0 Å². The largest absolute Gasteiger partial charge is 0.475 e. The minimum atomic E-state index is -1.69. The molecule has 0 bridgehead atoms. The molecule has 0 saturated carbocycles. The second-order valence-electron chi connectivity index (χ2n) is 18.6. The van der Waals surface area contributed by atoms with E-state index in [1.54, 1.807) is 128 Å². The number of nitrogens with one attached hydrogen (secondary N) is 2. The van der Waals surface area contributed by atoms with E-state index in [1.807, 2.05) is 6.07 Å². The number of benzene rings is 1. The van der Waals surface area contributed by atoms with E-state index in [9.17, 15) is 24.0 Å². The number of carbonyl (C=O) groups excluding carboxylic acids is 5. The van der Waals surface area contributed by atoms with E-state index in [0.29, 0.717) is 12.0 Å². The molecule has 1 aromatic carbocycles. The van der Waals surface area contributed by atoms with Crippen molar-refractivity contribution in [1.82, 2.24) is 10.2 Å². The zero-order valence-electron chi connectivity index (χ0n) is 34.4. The summed E-state index contributed by atoms with van der Waals surface area (Å²) < 4.78 is 30.0. The van der Waals surface area contributed by atoms with Crippen LogP contribution in [0.25, 0.3) is 0 Å². The van der Waals surface area contributed by atoms with Gasteiger partial charge in [0.15, 0.2) is 5.90 Å². The fourth-order valence-electron chi connectivity index (χ4n) is 5.90. The summed E-state index contributed by atoms with van der Waals surface area (Å²) in [5, 5.41) is 11.7. The Labute approximate surface area is 315 Å². The SMILES string of the molecule is CC(C)(C)NC(=O)[C@@H](Cc1ccccc1)N(C=O)[C@@H]1O[C@H](CC(=N)OC(C)(C)C)[C@H](C(=O)OC(C)(C)C)[C@H](C(=O)OC(C)(C)C)[C@H]1C(=O)OC(C)(C)C. The van der Waals surface area contributed by atoms with Crippen LogP contribution in [0.15, 0.2) is 30.3 Å². The van der Waals surface area contributed by atoms with Crippen molar-refractivity contribution in [1.29, 1.82) is 5.41 Å². The van der Waals surface area contributed by atoms with Crippen molar-refractivity contribution in [2.24, 2.45) is 17.8 Å². The van der Waals surface area contributed by atoms with Gasteiger partial charge in [0.25, 0.3) is 0 Å². The molecular weight excluding hydrogens is 682 g/mol. The Kier molecular flexibility index (Phi) is 14.5. The number of carbonyl (C=O) groups is 5. The van der Waals surface area contributed by atoms with Gasteiger partial charge in [0.1, 0.15) is 40.6 Å². The molecule has 1 aliphatic rings. The Morgan fingerprint density at radius 2 is 1.15 bits per heavy atom. The lowest BCUT2D eigenvalue weighted by Crippen LogP contribution is -2.65. The normalized spacial score (nSPS) is 21.8. The van der Waals surface area contributed by atoms with Crippen LogP contribution in [0.5, 0.6) is 0 Å². The maximum absolute atomic E-state index is 14.5. The van der Waals surface area contributed by atoms with E-state index in [0.717, 1.165) is 4.90 Å². The summed E-state index contributed by atoms with van der Waals surface area (Å²) in [5.41, 5.74) is -4.02. The predicted octanol–water partition coefficient (Wildman–Crippen LogP) is 5.75. The van der Waals surface area contributed by atoms with Gasteiger partial charge in [-0.2, -0.15) is 0 Å². The van der Waals surface area contributed by atoms with Crippen molar-refractivity contribution in [2.45, 2.75) is 163 Å². The standard InChI is InChI=1S/C40H63N3O10/c1-36(2,3)42-31(45)25(21-24-19-17-16-18-20-24)43(23-44)32-30(35(48)53-40(13,14)15)29(34(47)52-39(10,11)12)28(33(46)51-38(7,8)9)26(49-32)22-27(41)50-37(4,5)6/h16-20,23,25-26,28-30,32,41H,21-22H2,1-15H3,(H,42,45)/t25-,26-,28+,29+,30-,32-/m1/s1. The molecule has 0 unspecified atom stereocenters. The number of ether oxygens (including phenoxy) is 5. The smallest absolute Gasteiger partial charge is 0.314 e. The molecule has 13 nitrogen and oxygen atoms in total. The van der Waals surface area contributed by atoms with Gasteiger partial charge in [0, 0.05) is 12.0 Å². The maximum atomic E-state index is 14.5. The zero-order chi connectivity index (χ0) is 40.9. The Hall–Kier alpha value is -4.00. The molecule has 2 amide bonds. The molecule has 1 fully saturated rings. The van der Waals surface area contributed by atoms with Crippen molar-refractivity contribution in [3.8, 4) is 0 Å². The highest BCUT2D eigenvalue weighted by atomic mass is 16.6. The van der Waals surface area contributed by atoms with Gasteiger partial charge in [-0.25, -0.2) is 0 Å². The van der Waals surface area contributed by atoms with E-state index in [-0.39, 0.29) is 18.7 Å². The summed E-state index contributed by atoms with van der Waals surface area (Å²) in [7, 11) is 0. The third-order valence-corrected chi connectivity index (χ3v) is 7.50. The lowest BCUT2D eigenvalue weighted by Gasteiger charge is -2.49. The molecule has 0 aromatic heterocycles. The molecule has 2 N–H and O–H groups in total. The fourth-order valence-corrected chi connectivity index (χ4v) is 5.90. The third kappa shape index (κ3) is 14.7. The molecule has 1 aromatic rings. The van der Waals surface area contributed by atoms with Crippen molar-refractivity contribution >= 4 is 36.1 Å². The van der Waals surface area contributed by atoms with Crippen LogP contribution in [-0.2, 0) is 54.1 Å². The Bertz CT molecular complexity index is 1460. The van der Waals surface area contributed by atoms with Gasteiger partial charge in [-0.3, -0.25) is 29.4 Å². The number of hydrogen-bond donors (Lipinski definition) is 2. The van der Waals surface area contributed by atoms with Gasteiger partial charge in [0.2, 0.25) is 12.3 Å². The molecule has 298 valence electrons. The summed E-state index contributed by atoms with van der Waals surface area (Å²) in [6.07, 6.45) is -2.99. The van der Waals surface area contributed by atoms with E-state index >= 15 is 0 Å². The second-order valence-corrected chi connectivity index (χ2v) is 18.6. The Morgan fingerprint density at radius 1 is 0.717 bits per heavy atom. The van der Waals surface area contributed by atoms with Crippen molar-refractivity contribution in [3.05, 3.63) is 35.9 Å². The number of hydrogen-bond acceptors (Lipinski definition) is 11. The lowest BCUT2D eigenvalue weighted by atomic mass is 9.73. The number of amides is 2. The minimum Gasteiger partial charge on any atom is -0.475 e. The van der Waals surface area contributed by atoms with Crippen LogP contribution in [0.3, 0.4) is 0 Å². The van der Waals surface area contributed by atoms with E-state index < -0.39 is 87.9 Å². The van der Waals surface area contributed by atoms with Crippen LogP contribution < -0.4 is 5.32 Å². The maximum Gasteiger partial charge on any atom is 0.314 e. The van der Waals surface area contributed by atoms with Crippen LogP contribution in [0.2, 0.25) is 0 Å². The zero-order valence-corrected chi connectivity index (χ0v) is 34.4. The lowest BCUT2D eigenvalue weighted by molar-refractivity contribution is -0.234. The fraction of sp³-hybridized carbons (Fsp3) is 0.700. The highest BCUT2D eigenvalue weighted by Gasteiger charge is 2.60. The Morgan fingerprint density at radius 3 is 1.57 bits per heavy atom. The highest BCUT2D eigenvalue weighted by Crippen LogP contribution is 2.43. The first-order valence-electron chi connectivity index (χ1n) is 18.1. The molecule has 1 saturated heterocycles. The van der Waals surface area contributed by atoms with Gasteiger partial charge < -0.3 is 33.9 Å². The molecule has 0 aliphatic carbocycles. The molecule has 1 aliphatic heterocycles. The summed E-state index contributed by atoms with van der Waals surface area (Å²) in [6, 6.07) is 7.72. The Balaban J connectivity index is 3.02. The first kappa shape index (κ1) is 45.2. The minimum absolute atomic E-state index is 0.00259. The molecule has 6 atom stereocenters.